The fourth-order valence-corrected chi connectivity index (χ4v) is 2.70. The van der Waals surface area contributed by atoms with Crippen LogP contribution in [0.5, 0.6) is 0 Å². The third-order valence-electron chi connectivity index (χ3n) is 3.44. The molecule has 17 heavy (non-hydrogen) atoms. The predicted octanol–water partition coefficient (Wildman–Crippen LogP) is 2.33. The van der Waals surface area contributed by atoms with Crippen LogP contribution in [0.3, 0.4) is 0 Å². The van der Waals surface area contributed by atoms with Gasteiger partial charge in [-0.1, -0.05) is 24.1 Å². The Kier molecular flexibility index (Phi) is 4.37. The zero-order valence-corrected chi connectivity index (χ0v) is 10.9. The SMILES string of the molecule is CN(Cc1cccnc1Cl)CC1CCCC1O. The van der Waals surface area contributed by atoms with Gasteiger partial charge in [-0.15, -0.1) is 0 Å². The van der Waals surface area contributed by atoms with Crippen LogP contribution >= 0.6 is 11.6 Å². The molecule has 0 amide bonds. The van der Waals surface area contributed by atoms with Crippen LogP contribution in [0.15, 0.2) is 18.3 Å². The number of aliphatic hydroxyl groups is 1. The average molecular weight is 255 g/mol. The molecule has 2 rings (SSSR count). The maximum Gasteiger partial charge on any atom is 0.133 e. The molecule has 2 atom stereocenters. The van der Waals surface area contributed by atoms with E-state index in [-0.39, 0.29) is 6.10 Å². The highest BCUT2D eigenvalue weighted by Gasteiger charge is 2.26. The van der Waals surface area contributed by atoms with E-state index in [9.17, 15) is 5.11 Å². The van der Waals surface area contributed by atoms with Gasteiger partial charge in [-0.2, -0.15) is 0 Å². The zero-order chi connectivity index (χ0) is 12.3. The minimum Gasteiger partial charge on any atom is -0.393 e. The first kappa shape index (κ1) is 12.8. The third-order valence-corrected chi connectivity index (χ3v) is 3.78. The number of hydrogen-bond acceptors (Lipinski definition) is 3. The van der Waals surface area contributed by atoms with Gasteiger partial charge in [-0.3, -0.25) is 0 Å². The van der Waals surface area contributed by atoms with Crippen LogP contribution in [-0.4, -0.2) is 34.7 Å². The van der Waals surface area contributed by atoms with Crippen LogP contribution < -0.4 is 0 Å². The van der Waals surface area contributed by atoms with Gasteiger partial charge in [0.15, 0.2) is 0 Å². The molecule has 3 nitrogen and oxygen atoms in total. The van der Waals surface area contributed by atoms with Crippen molar-refractivity contribution in [1.82, 2.24) is 9.88 Å². The first-order chi connectivity index (χ1) is 8.16. The molecule has 0 radical (unpaired) electrons. The standard InChI is InChI=1S/C13H19ClN2O/c1-16(8-10-4-2-6-12(10)17)9-11-5-3-7-15-13(11)14/h3,5,7,10,12,17H,2,4,6,8-9H2,1H3. The molecule has 4 heteroatoms. The Bertz CT molecular complexity index is 372. The van der Waals surface area contributed by atoms with Crippen LogP contribution in [-0.2, 0) is 6.54 Å². The minimum absolute atomic E-state index is 0.123. The fourth-order valence-electron chi connectivity index (χ4n) is 2.52. The van der Waals surface area contributed by atoms with Crippen LogP contribution in [0.2, 0.25) is 5.15 Å². The smallest absolute Gasteiger partial charge is 0.133 e. The molecular formula is C13H19ClN2O. The Labute approximate surface area is 107 Å². The topological polar surface area (TPSA) is 36.4 Å². The molecule has 2 unspecified atom stereocenters. The summed E-state index contributed by atoms with van der Waals surface area (Å²) in [6, 6.07) is 3.90. The van der Waals surface area contributed by atoms with Crippen LogP contribution in [0.1, 0.15) is 24.8 Å². The van der Waals surface area contributed by atoms with Gasteiger partial charge in [-0.25, -0.2) is 4.98 Å². The van der Waals surface area contributed by atoms with Crippen molar-refractivity contribution in [1.29, 1.82) is 0 Å². The highest BCUT2D eigenvalue weighted by Crippen LogP contribution is 2.26. The van der Waals surface area contributed by atoms with Gasteiger partial charge in [0.05, 0.1) is 6.10 Å². The monoisotopic (exact) mass is 254 g/mol. The first-order valence-corrected chi connectivity index (χ1v) is 6.50. The summed E-state index contributed by atoms with van der Waals surface area (Å²) in [5.41, 5.74) is 1.05. The molecule has 1 heterocycles. The summed E-state index contributed by atoms with van der Waals surface area (Å²) in [4.78, 5) is 6.28. The van der Waals surface area contributed by atoms with E-state index < -0.39 is 0 Å². The Morgan fingerprint density at radius 1 is 1.53 bits per heavy atom. The van der Waals surface area contributed by atoms with Gasteiger partial charge in [0.1, 0.15) is 5.15 Å². The summed E-state index contributed by atoms with van der Waals surface area (Å²) in [5, 5.41) is 10.4. The van der Waals surface area contributed by atoms with Gasteiger partial charge in [-0.05, 0) is 31.9 Å². The maximum atomic E-state index is 9.79. The number of hydrogen-bond donors (Lipinski definition) is 1. The summed E-state index contributed by atoms with van der Waals surface area (Å²) in [6.07, 6.45) is 4.81. The lowest BCUT2D eigenvalue weighted by Crippen LogP contribution is -2.29. The number of aliphatic hydroxyl groups excluding tert-OH is 1. The quantitative estimate of drug-likeness (QED) is 0.838. The van der Waals surface area contributed by atoms with Gasteiger partial charge in [0.2, 0.25) is 0 Å². The van der Waals surface area contributed by atoms with Gasteiger partial charge in [0.25, 0.3) is 0 Å². The molecule has 0 aromatic carbocycles. The first-order valence-electron chi connectivity index (χ1n) is 6.13. The average Bonchev–Trinajstić information content (AvgIpc) is 2.68. The second kappa shape index (κ2) is 5.80. The number of rotatable bonds is 4. The molecule has 1 saturated carbocycles. The number of pyridine rings is 1. The van der Waals surface area contributed by atoms with E-state index in [4.69, 9.17) is 11.6 Å². The summed E-state index contributed by atoms with van der Waals surface area (Å²) < 4.78 is 0. The van der Waals surface area contributed by atoms with Crippen molar-refractivity contribution in [3.63, 3.8) is 0 Å². The van der Waals surface area contributed by atoms with Crippen molar-refractivity contribution < 1.29 is 5.11 Å². The van der Waals surface area contributed by atoms with Crippen LogP contribution in [0.4, 0.5) is 0 Å². The Morgan fingerprint density at radius 2 is 2.35 bits per heavy atom. The van der Waals surface area contributed by atoms with Gasteiger partial charge >= 0.3 is 0 Å². The molecule has 1 N–H and O–H groups in total. The van der Waals surface area contributed by atoms with E-state index in [1.54, 1.807) is 6.20 Å². The number of nitrogens with zero attached hydrogens (tertiary/aromatic N) is 2. The van der Waals surface area contributed by atoms with E-state index in [0.717, 1.165) is 37.9 Å². The predicted molar refractivity (Wildman–Crippen MR) is 68.9 cm³/mol. The second-order valence-corrected chi connectivity index (χ2v) is 5.27. The summed E-state index contributed by atoms with van der Waals surface area (Å²) >= 11 is 6.03. The normalized spacial score (nSPS) is 24.5. The minimum atomic E-state index is -0.123. The van der Waals surface area contributed by atoms with Crippen molar-refractivity contribution in [3.05, 3.63) is 29.0 Å². The fraction of sp³-hybridized carbons (Fsp3) is 0.615. The summed E-state index contributed by atoms with van der Waals surface area (Å²) in [6.45, 7) is 1.71. The van der Waals surface area contributed by atoms with Crippen molar-refractivity contribution >= 4 is 11.6 Å². The largest absolute Gasteiger partial charge is 0.393 e. The maximum absolute atomic E-state index is 9.79. The molecule has 1 fully saturated rings. The second-order valence-electron chi connectivity index (χ2n) is 4.91. The molecule has 1 aromatic heterocycles. The van der Waals surface area contributed by atoms with Crippen molar-refractivity contribution in [2.45, 2.75) is 31.9 Å². The molecule has 0 saturated heterocycles. The van der Waals surface area contributed by atoms with E-state index in [1.165, 1.54) is 0 Å². The Hall–Kier alpha value is -0.640. The molecule has 1 aromatic rings. The van der Waals surface area contributed by atoms with Crippen LogP contribution in [0, 0.1) is 5.92 Å². The summed E-state index contributed by atoms with van der Waals surface area (Å²) in [5.74, 6) is 0.412. The molecule has 94 valence electrons. The Morgan fingerprint density at radius 3 is 3.00 bits per heavy atom. The Balaban J connectivity index is 1.89. The van der Waals surface area contributed by atoms with E-state index >= 15 is 0 Å². The van der Waals surface area contributed by atoms with Gasteiger partial charge < -0.3 is 10.0 Å². The lowest BCUT2D eigenvalue weighted by Gasteiger charge is -2.23. The van der Waals surface area contributed by atoms with E-state index in [0.29, 0.717) is 11.1 Å². The lowest BCUT2D eigenvalue weighted by atomic mass is 10.1. The van der Waals surface area contributed by atoms with Crippen molar-refractivity contribution in [2.75, 3.05) is 13.6 Å². The molecule has 1 aliphatic rings. The van der Waals surface area contributed by atoms with Gasteiger partial charge in [0, 0.05) is 24.8 Å². The highest BCUT2D eigenvalue weighted by atomic mass is 35.5. The lowest BCUT2D eigenvalue weighted by molar-refractivity contribution is 0.108. The van der Waals surface area contributed by atoms with E-state index in [2.05, 4.69) is 16.9 Å². The molecule has 0 spiro atoms. The highest BCUT2D eigenvalue weighted by molar-refractivity contribution is 6.30. The van der Waals surface area contributed by atoms with Crippen molar-refractivity contribution in [2.24, 2.45) is 5.92 Å². The number of halogens is 1. The van der Waals surface area contributed by atoms with Crippen LogP contribution in [0.25, 0.3) is 0 Å². The molecular weight excluding hydrogens is 236 g/mol. The third kappa shape index (κ3) is 3.41. The van der Waals surface area contributed by atoms with Crippen molar-refractivity contribution in [3.8, 4) is 0 Å². The molecule has 0 aliphatic heterocycles. The molecule has 0 bridgehead atoms. The summed E-state index contributed by atoms with van der Waals surface area (Å²) in [7, 11) is 2.06. The molecule has 1 aliphatic carbocycles. The van der Waals surface area contributed by atoms with E-state index in [1.807, 2.05) is 12.1 Å². The zero-order valence-electron chi connectivity index (χ0n) is 10.1. The number of aromatic nitrogens is 1.